The van der Waals surface area contributed by atoms with Gasteiger partial charge in [0.1, 0.15) is 17.1 Å². The van der Waals surface area contributed by atoms with Crippen molar-refractivity contribution in [1.82, 2.24) is 24.7 Å². The smallest absolute Gasteiger partial charge is 0.326 e. The lowest BCUT2D eigenvalue weighted by molar-refractivity contribution is 0.262. The van der Waals surface area contributed by atoms with Gasteiger partial charge in [0.05, 0.1) is 11.1 Å². The van der Waals surface area contributed by atoms with Crippen LogP contribution in [0, 0.1) is 0 Å². The maximum atomic E-state index is 12.2. The van der Waals surface area contributed by atoms with Crippen LogP contribution in [0.3, 0.4) is 0 Å². The fraction of sp³-hybridized carbons (Fsp3) is 0.400. The number of rotatable bonds is 4. The topological polar surface area (TPSA) is 110 Å². The Morgan fingerprint density at radius 2 is 2.23 bits per heavy atom. The van der Waals surface area contributed by atoms with E-state index in [4.69, 9.17) is 0 Å². The summed E-state index contributed by atoms with van der Waals surface area (Å²) in [6.07, 6.45) is 5.39. The molecule has 3 aromatic rings. The predicted octanol–water partition coefficient (Wildman–Crippen LogP) is 3.44. The highest BCUT2D eigenvalue weighted by molar-refractivity contribution is 7.19. The number of anilines is 3. The average molecular weight is 390 g/mol. The van der Waals surface area contributed by atoms with E-state index in [-0.39, 0.29) is 12.1 Å². The molecule has 0 bridgehead atoms. The Balaban J connectivity index is 1.43. The fourth-order valence-electron chi connectivity index (χ4n) is 2.62. The third kappa shape index (κ3) is 3.40. The summed E-state index contributed by atoms with van der Waals surface area (Å²) in [5.74, 6) is 1.57. The summed E-state index contributed by atoms with van der Waals surface area (Å²) < 4.78 is 1.94. The zero-order valence-electron chi connectivity index (χ0n) is 14.3. The van der Waals surface area contributed by atoms with Crippen molar-refractivity contribution in [1.29, 1.82) is 0 Å². The van der Waals surface area contributed by atoms with Crippen LogP contribution in [0.1, 0.15) is 31.2 Å². The van der Waals surface area contributed by atoms with Crippen LogP contribution in [0.25, 0.3) is 10.8 Å². The first kappa shape index (κ1) is 16.9. The number of aromatic nitrogens is 5. The molecule has 4 rings (SSSR count). The van der Waals surface area contributed by atoms with Crippen LogP contribution in [0.5, 0.6) is 0 Å². The third-order valence-corrected chi connectivity index (χ3v) is 5.79. The van der Waals surface area contributed by atoms with Crippen LogP contribution in [-0.2, 0) is 6.42 Å². The molecular formula is C15H18N8OS2. The van der Waals surface area contributed by atoms with Crippen molar-refractivity contribution in [2.75, 3.05) is 22.5 Å². The van der Waals surface area contributed by atoms with Gasteiger partial charge in [-0.25, -0.2) is 14.8 Å². The number of urea groups is 1. The molecule has 0 fully saturated rings. The number of fused-ring (bicyclic) bond motifs is 1. The molecule has 0 atom stereocenters. The van der Waals surface area contributed by atoms with Gasteiger partial charge in [-0.3, -0.25) is 10.6 Å². The lowest BCUT2D eigenvalue weighted by Crippen LogP contribution is -2.18. The molecule has 11 heteroatoms. The van der Waals surface area contributed by atoms with Gasteiger partial charge in [-0.05, 0) is 26.7 Å². The molecule has 0 unspecified atom stereocenters. The molecule has 136 valence electrons. The Kier molecular flexibility index (Phi) is 4.55. The largest absolute Gasteiger partial charge is 0.369 e. The SMILES string of the molecule is CC(C)n1cnnc1-c1ncc(NC(=O)Nc2nc3c(s2)CCCN3)s1. The Morgan fingerprint density at radius 3 is 3.04 bits per heavy atom. The standard InChI is InChI=1S/C15H18N8OS2/c1-8(2)23-7-18-22-12(23)13-17-6-10(26-13)19-14(24)21-15-20-11-9(25-15)4-3-5-16-11/h6-8,16H,3-5H2,1-2H3,(H2,19,20,21,24). The van der Waals surface area contributed by atoms with E-state index < -0.39 is 0 Å². The van der Waals surface area contributed by atoms with E-state index >= 15 is 0 Å². The van der Waals surface area contributed by atoms with Crippen LogP contribution >= 0.6 is 22.7 Å². The van der Waals surface area contributed by atoms with E-state index in [2.05, 4.69) is 50.0 Å². The second-order valence-corrected chi connectivity index (χ2v) is 8.20. The Hall–Kier alpha value is -2.53. The molecule has 0 saturated heterocycles. The molecule has 1 aliphatic heterocycles. The first-order valence-electron chi connectivity index (χ1n) is 8.27. The van der Waals surface area contributed by atoms with Gasteiger partial charge in [0.2, 0.25) is 0 Å². The Bertz CT molecular complexity index is 904. The molecule has 4 heterocycles. The minimum Gasteiger partial charge on any atom is -0.369 e. The molecule has 0 spiro atoms. The molecule has 3 aromatic heterocycles. The van der Waals surface area contributed by atoms with Gasteiger partial charge in [-0.2, -0.15) is 0 Å². The summed E-state index contributed by atoms with van der Waals surface area (Å²) >= 11 is 2.86. The number of hydrogen-bond acceptors (Lipinski definition) is 8. The number of nitrogens with zero attached hydrogens (tertiary/aromatic N) is 5. The van der Waals surface area contributed by atoms with Gasteiger partial charge >= 0.3 is 6.03 Å². The summed E-state index contributed by atoms with van der Waals surface area (Å²) in [6, 6.07) is -0.107. The minimum atomic E-state index is -0.336. The zero-order chi connectivity index (χ0) is 18.1. The van der Waals surface area contributed by atoms with Gasteiger partial charge < -0.3 is 9.88 Å². The monoisotopic (exact) mass is 390 g/mol. The van der Waals surface area contributed by atoms with E-state index in [0.717, 1.165) is 25.2 Å². The second kappa shape index (κ2) is 7.00. The summed E-state index contributed by atoms with van der Waals surface area (Å²) in [5, 5.41) is 18.8. The molecule has 0 radical (unpaired) electrons. The van der Waals surface area contributed by atoms with Crippen molar-refractivity contribution >= 4 is 44.7 Å². The van der Waals surface area contributed by atoms with Gasteiger partial charge in [0.15, 0.2) is 16.0 Å². The van der Waals surface area contributed by atoms with E-state index in [1.807, 2.05) is 4.57 Å². The summed E-state index contributed by atoms with van der Waals surface area (Å²) in [5.41, 5.74) is 0. The van der Waals surface area contributed by atoms with E-state index in [0.29, 0.717) is 21.0 Å². The van der Waals surface area contributed by atoms with Crippen LogP contribution in [0.15, 0.2) is 12.5 Å². The van der Waals surface area contributed by atoms with Gasteiger partial charge in [-0.15, -0.1) is 10.2 Å². The quantitative estimate of drug-likeness (QED) is 0.629. The first-order chi connectivity index (χ1) is 12.6. The number of carbonyl (C=O) groups excluding carboxylic acids is 1. The lowest BCUT2D eigenvalue weighted by Gasteiger charge is -2.10. The lowest BCUT2D eigenvalue weighted by atomic mass is 10.2. The Morgan fingerprint density at radius 1 is 1.35 bits per heavy atom. The number of hydrogen-bond donors (Lipinski definition) is 3. The van der Waals surface area contributed by atoms with Crippen molar-refractivity contribution < 1.29 is 4.79 Å². The summed E-state index contributed by atoms with van der Waals surface area (Å²) in [7, 11) is 0. The van der Waals surface area contributed by atoms with Gasteiger partial charge in [0.25, 0.3) is 0 Å². The average Bonchev–Trinajstić information content (AvgIpc) is 3.32. The number of amides is 2. The minimum absolute atomic E-state index is 0.230. The van der Waals surface area contributed by atoms with Crippen molar-refractivity contribution in [2.45, 2.75) is 32.7 Å². The Labute approximate surface area is 157 Å². The maximum absolute atomic E-state index is 12.2. The number of nitrogens with one attached hydrogen (secondary N) is 3. The van der Waals surface area contributed by atoms with Crippen LogP contribution in [0.4, 0.5) is 20.7 Å². The number of thiazole rings is 2. The number of aryl methyl sites for hydroxylation is 1. The van der Waals surface area contributed by atoms with Crippen LogP contribution in [0.2, 0.25) is 0 Å². The van der Waals surface area contributed by atoms with E-state index in [1.165, 1.54) is 27.6 Å². The van der Waals surface area contributed by atoms with E-state index in [1.54, 1.807) is 12.5 Å². The molecule has 26 heavy (non-hydrogen) atoms. The molecule has 3 N–H and O–H groups in total. The fourth-order valence-corrected chi connectivity index (χ4v) is 4.39. The van der Waals surface area contributed by atoms with Crippen LogP contribution < -0.4 is 16.0 Å². The van der Waals surface area contributed by atoms with Crippen molar-refractivity contribution in [2.24, 2.45) is 0 Å². The van der Waals surface area contributed by atoms with Crippen LogP contribution in [-0.4, -0.2) is 37.3 Å². The number of carbonyl (C=O) groups is 1. The summed E-state index contributed by atoms with van der Waals surface area (Å²) in [4.78, 5) is 22.2. The third-order valence-electron chi connectivity index (χ3n) is 3.85. The molecule has 0 saturated carbocycles. The normalized spacial score (nSPS) is 13.3. The molecule has 0 aromatic carbocycles. The molecule has 0 aliphatic carbocycles. The van der Waals surface area contributed by atoms with Crippen molar-refractivity contribution in [3.05, 3.63) is 17.4 Å². The highest BCUT2D eigenvalue weighted by Crippen LogP contribution is 2.31. The maximum Gasteiger partial charge on any atom is 0.326 e. The second-order valence-electron chi connectivity index (χ2n) is 6.09. The summed E-state index contributed by atoms with van der Waals surface area (Å²) in [6.45, 7) is 5.03. The van der Waals surface area contributed by atoms with Gasteiger partial charge in [-0.1, -0.05) is 22.7 Å². The van der Waals surface area contributed by atoms with Crippen molar-refractivity contribution in [3.8, 4) is 10.8 Å². The highest BCUT2D eigenvalue weighted by Gasteiger charge is 2.17. The predicted molar refractivity (Wildman–Crippen MR) is 103 cm³/mol. The molecular weight excluding hydrogens is 372 g/mol. The molecule has 1 aliphatic rings. The highest BCUT2D eigenvalue weighted by atomic mass is 32.1. The molecule has 9 nitrogen and oxygen atoms in total. The van der Waals surface area contributed by atoms with Gasteiger partial charge in [0, 0.05) is 12.6 Å². The zero-order valence-corrected chi connectivity index (χ0v) is 15.9. The van der Waals surface area contributed by atoms with E-state index in [9.17, 15) is 4.79 Å². The molecule has 2 amide bonds. The van der Waals surface area contributed by atoms with Crippen molar-refractivity contribution in [3.63, 3.8) is 0 Å². The first-order valence-corrected chi connectivity index (χ1v) is 9.90.